The van der Waals surface area contributed by atoms with Crippen molar-refractivity contribution in [3.8, 4) is 5.75 Å². The molecule has 1 aliphatic heterocycles. The molecule has 3 rings (SSSR count). The summed E-state index contributed by atoms with van der Waals surface area (Å²) in [7, 11) is 0. The summed E-state index contributed by atoms with van der Waals surface area (Å²) < 4.78 is 6.17. The average molecular weight is 505 g/mol. The zero-order chi connectivity index (χ0) is 22.4. The Morgan fingerprint density at radius 2 is 1.77 bits per heavy atom. The summed E-state index contributed by atoms with van der Waals surface area (Å²) in [5.41, 5.74) is 2.34. The maximum atomic E-state index is 12.5. The van der Waals surface area contributed by atoms with Gasteiger partial charge in [-0.05, 0) is 77.5 Å². The number of amides is 2. The molecule has 164 valence electrons. The Morgan fingerprint density at radius 3 is 2.35 bits per heavy atom. The molecule has 0 aromatic heterocycles. The third-order valence-electron chi connectivity index (χ3n) is 4.94. The van der Waals surface area contributed by atoms with Crippen molar-refractivity contribution < 1.29 is 14.3 Å². The molecule has 0 spiro atoms. The van der Waals surface area contributed by atoms with E-state index < -0.39 is 0 Å². The van der Waals surface area contributed by atoms with Crippen molar-refractivity contribution in [1.29, 1.82) is 0 Å². The van der Waals surface area contributed by atoms with Crippen LogP contribution in [0.4, 0.5) is 11.4 Å². The van der Waals surface area contributed by atoms with Gasteiger partial charge in [-0.3, -0.25) is 14.9 Å². The number of thiocarbonyl (C=S) groups is 1. The lowest BCUT2D eigenvalue weighted by atomic mass is 10.2. The average Bonchev–Trinajstić information content (AvgIpc) is 2.75. The molecule has 0 bridgehead atoms. The van der Waals surface area contributed by atoms with Crippen molar-refractivity contribution in [2.75, 3.05) is 43.0 Å². The molecule has 2 aromatic carbocycles. The SMILES string of the molecule is CCOc1ccc(C(=O)NC(=S)Nc2ccc(N3CCN(C(C)=O)CC3)cc2)cc1Br. The van der Waals surface area contributed by atoms with E-state index in [1.54, 1.807) is 25.1 Å². The Morgan fingerprint density at radius 1 is 1.10 bits per heavy atom. The number of ether oxygens (including phenoxy) is 1. The Hall–Kier alpha value is -2.65. The second-order valence-corrected chi connectivity index (χ2v) is 8.29. The molecule has 31 heavy (non-hydrogen) atoms. The van der Waals surface area contributed by atoms with Crippen LogP contribution in [0.5, 0.6) is 5.75 Å². The summed E-state index contributed by atoms with van der Waals surface area (Å²) in [6, 6.07) is 13.0. The van der Waals surface area contributed by atoms with Crippen LogP contribution >= 0.6 is 28.1 Å². The molecular formula is C22H25BrN4O3S. The van der Waals surface area contributed by atoms with Crippen molar-refractivity contribution in [1.82, 2.24) is 10.2 Å². The third kappa shape index (κ3) is 6.18. The first-order valence-corrected chi connectivity index (χ1v) is 11.2. The van der Waals surface area contributed by atoms with Gasteiger partial charge in [0.15, 0.2) is 5.11 Å². The summed E-state index contributed by atoms with van der Waals surface area (Å²) in [4.78, 5) is 28.0. The lowest BCUT2D eigenvalue weighted by Crippen LogP contribution is -2.48. The van der Waals surface area contributed by atoms with Crippen LogP contribution in [0.2, 0.25) is 0 Å². The highest BCUT2D eigenvalue weighted by Gasteiger charge is 2.18. The van der Waals surface area contributed by atoms with Gasteiger partial charge in [-0.25, -0.2) is 0 Å². The van der Waals surface area contributed by atoms with Gasteiger partial charge in [-0.2, -0.15) is 0 Å². The smallest absolute Gasteiger partial charge is 0.257 e. The van der Waals surface area contributed by atoms with Crippen LogP contribution in [0.1, 0.15) is 24.2 Å². The van der Waals surface area contributed by atoms with E-state index >= 15 is 0 Å². The van der Waals surface area contributed by atoms with E-state index in [4.69, 9.17) is 17.0 Å². The normalized spacial score (nSPS) is 13.5. The summed E-state index contributed by atoms with van der Waals surface area (Å²) in [6.07, 6.45) is 0. The number of hydrogen-bond donors (Lipinski definition) is 2. The molecule has 1 heterocycles. The van der Waals surface area contributed by atoms with Gasteiger partial charge < -0.3 is 19.9 Å². The first-order chi connectivity index (χ1) is 14.9. The molecule has 2 amide bonds. The number of anilines is 2. The number of nitrogens with zero attached hydrogens (tertiary/aromatic N) is 2. The minimum absolute atomic E-state index is 0.118. The molecule has 0 unspecified atom stereocenters. The fourth-order valence-electron chi connectivity index (χ4n) is 3.29. The summed E-state index contributed by atoms with van der Waals surface area (Å²) in [6.45, 7) is 7.12. The van der Waals surface area contributed by atoms with E-state index in [0.717, 1.165) is 37.6 Å². The van der Waals surface area contributed by atoms with Crippen molar-refractivity contribution in [2.45, 2.75) is 13.8 Å². The first-order valence-electron chi connectivity index (χ1n) is 10.0. The van der Waals surface area contributed by atoms with E-state index in [-0.39, 0.29) is 16.9 Å². The minimum Gasteiger partial charge on any atom is -0.493 e. The van der Waals surface area contributed by atoms with E-state index in [1.807, 2.05) is 36.1 Å². The molecule has 7 nitrogen and oxygen atoms in total. The number of carbonyl (C=O) groups excluding carboxylic acids is 2. The molecule has 1 aliphatic rings. The molecule has 0 saturated carbocycles. The maximum Gasteiger partial charge on any atom is 0.257 e. The Labute approximate surface area is 195 Å². The second-order valence-electron chi connectivity index (χ2n) is 7.03. The largest absolute Gasteiger partial charge is 0.493 e. The monoisotopic (exact) mass is 504 g/mol. The zero-order valence-corrected chi connectivity index (χ0v) is 19.9. The fraction of sp³-hybridized carbons (Fsp3) is 0.318. The number of piperazine rings is 1. The molecule has 1 fully saturated rings. The second kappa shape index (κ2) is 10.6. The molecular weight excluding hydrogens is 480 g/mol. The van der Waals surface area contributed by atoms with Gasteiger partial charge >= 0.3 is 0 Å². The fourth-order valence-corrected chi connectivity index (χ4v) is 3.99. The van der Waals surface area contributed by atoms with Gasteiger partial charge in [0.05, 0.1) is 11.1 Å². The standard InChI is InChI=1S/C22H25BrN4O3S/c1-3-30-20-9-4-16(14-19(20)23)21(29)25-22(31)24-17-5-7-18(8-6-17)27-12-10-26(11-13-27)15(2)28/h4-9,14H,3,10-13H2,1-2H3,(H2,24,25,29,31). The molecule has 0 radical (unpaired) electrons. The Kier molecular flexibility index (Phi) is 7.86. The summed E-state index contributed by atoms with van der Waals surface area (Å²) in [5, 5.41) is 5.94. The topological polar surface area (TPSA) is 73.9 Å². The quantitative estimate of drug-likeness (QED) is 0.605. The van der Waals surface area contributed by atoms with E-state index in [0.29, 0.717) is 22.4 Å². The highest BCUT2D eigenvalue weighted by atomic mass is 79.9. The maximum absolute atomic E-state index is 12.5. The lowest BCUT2D eigenvalue weighted by molar-refractivity contribution is -0.129. The molecule has 1 saturated heterocycles. The van der Waals surface area contributed by atoms with Crippen LogP contribution in [-0.2, 0) is 4.79 Å². The van der Waals surface area contributed by atoms with Gasteiger partial charge in [0.1, 0.15) is 5.75 Å². The van der Waals surface area contributed by atoms with E-state index in [2.05, 4.69) is 31.5 Å². The number of nitrogens with one attached hydrogen (secondary N) is 2. The minimum atomic E-state index is -0.304. The van der Waals surface area contributed by atoms with Crippen molar-refractivity contribution in [2.24, 2.45) is 0 Å². The number of rotatable bonds is 5. The van der Waals surface area contributed by atoms with Crippen LogP contribution < -0.4 is 20.3 Å². The lowest BCUT2D eigenvalue weighted by Gasteiger charge is -2.35. The third-order valence-corrected chi connectivity index (χ3v) is 5.76. The van der Waals surface area contributed by atoms with Gasteiger partial charge in [-0.1, -0.05) is 0 Å². The van der Waals surface area contributed by atoms with Crippen molar-refractivity contribution >= 4 is 56.4 Å². The van der Waals surface area contributed by atoms with Crippen LogP contribution in [0.15, 0.2) is 46.9 Å². The number of benzene rings is 2. The van der Waals surface area contributed by atoms with Gasteiger partial charge in [0, 0.05) is 50.0 Å². The zero-order valence-electron chi connectivity index (χ0n) is 17.5. The predicted molar refractivity (Wildman–Crippen MR) is 130 cm³/mol. The van der Waals surface area contributed by atoms with Gasteiger partial charge in [0.25, 0.3) is 5.91 Å². The molecule has 2 N–H and O–H groups in total. The van der Waals surface area contributed by atoms with Crippen LogP contribution in [-0.4, -0.2) is 54.6 Å². The van der Waals surface area contributed by atoms with Crippen LogP contribution in [0.25, 0.3) is 0 Å². The van der Waals surface area contributed by atoms with Crippen molar-refractivity contribution in [3.63, 3.8) is 0 Å². The molecule has 2 aromatic rings. The number of halogens is 1. The summed E-state index contributed by atoms with van der Waals surface area (Å²) >= 11 is 8.69. The first kappa shape index (κ1) is 23.0. The van der Waals surface area contributed by atoms with Crippen LogP contribution in [0.3, 0.4) is 0 Å². The highest BCUT2D eigenvalue weighted by molar-refractivity contribution is 9.10. The molecule has 9 heteroatoms. The van der Waals surface area contributed by atoms with Crippen LogP contribution in [0, 0.1) is 0 Å². The number of hydrogen-bond acceptors (Lipinski definition) is 5. The van der Waals surface area contributed by atoms with Gasteiger partial charge in [-0.15, -0.1) is 0 Å². The van der Waals surface area contributed by atoms with E-state index in [1.165, 1.54) is 0 Å². The Balaban J connectivity index is 1.53. The molecule has 0 aliphatic carbocycles. The Bertz CT molecular complexity index is 960. The highest BCUT2D eigenvalue weighted by Crippen LogP contribution is 2.26. The predicted octanol–water partition coefficient (Wildman–Crippen LogP) is 3.64. The van der Waals surface area contributed by atoms with Gasteiger partial charge in [0.2, 0.25) is 5.91 Å². The number of carbonyl (C=O) groups is 2. The molecule has 0 atom stereocenters. The van der Waals surface area contributed by atoms with Crippen molar-refractivity contribution in [3.05, 3.63) is 52.5 Å². The summed E-state index contributed by atoms with van der Waals surface area (Å²) in [5.74, 6) is 0.496. The van der Waals surface area contributed by atoms with E-state index in [9.17, 15) is 9.59 Å².